The Bertz CT molecular complexity index is 703. The smallest absolute Gasteiger partial charge is 0.275 e. The van der Waals surface area contributed by atoms with E-state index in [1.807, 2.05) is 6.92 Å². The molecule has 1 aliphatic carbocycles. The van der Waals surface area contributed by atoms with Crippen LogP contribution in [-0.4, -0.2) is 20.6 Å². The fourth-order valence-electron chi connectivity index (χ4n) is 3.09. The molecular weight excluding hydrogens is 284 g/mol. The van der Waals surface area contributed by atoms with E-state index in [1.54, 1.807) is 6.07 Å². The lowest BCUT2D eigenvalue weighted by Crippen LogP contribution is -2.31. The lowest BCUT2D eigenvalue weighted by Gasteiger charge is -2.35. The van der Waals surface area contributed by atoms with Crippen LogP contribution >= 0.6 is 11.3 Å². The fourth-order valence-corrected chi connectivity index (χ4v) is 3.99. The van der Waals surface area contributed by atoms with E-state index in [2.05, 4.69) is 29.2 Å². The lowest BCUT2D eigenvalue weighted by molar-refractivity contribution is 0.229. The summed E-state index contributed by atoms with van der Waals surface area (Å²) in [6.07, 6.45) is 5.61. The number of anilines is 1. The Hall–Kier alpha value is -1.43. The first-order chi connectivity index (χ1) is 9.97. The Morgan fingerprint density at radius 2 is 2.33 bits per heavy atom. The average molecular weight is 306 g/mol. The minimum atomic E-state index is -0.0925. The van der Waals surface area contributed by atoms with Gasteiger partial charge in [0.1, 0.15) is 0 Å². The zero-order valence-corrected chi connectivity index (χ0v) is 13.7. The molecule has 0 aliphatic heterocycles. The zero-order chi connectivity index (χ0) is 15.0. The number of nitrogens with zero attached hydrogens (tertiary/aromatic N) is 3. The lowest BCUT2D eigenvalue weighted by atomic mass is 9.75. The first-order valence-electron chi connectivity index (χ1n) is 7.63. The standard InChI is InChI=1S/C15H22N4OS/c1-4-10-8-12(20)19-14(17-10)21-13(18-19)16-11-6-5-7-15(2,3)9-11/h8,11H,4-7,9H2,1-3H3,(H,16,18). The van der Waals surface area contributed by atoms with E-state index < -0.39 is 0 Å². The van der Waals surface area contributed by atoms with E-state index in [1.165, 1.54) is 35.1 Å². The van der Waals surface area contributed by atoms with Crippen LogP contribution in [-0.2, 0) is 6.42 Å². The number of fused-ring (bicyclic) bond motifs is 1. The molecule has 0 bridgehead atoms. The summed E-state index contributed by atoms with van der Waals surface area (Å²) in [7, 11) is 0. The second kappa shape index (κ2) is 5.40. The summed E-state index contributed by atoms with van der Waals surface area (Å²) in [4.78, 5) is 17.2. The van der Waals surface area contributed by atoms with Crippen molar-refractivity contribution in [2.24, 2.45) is 5.41 Å². The van der Waals surface area contributed by atoms with Gasteiger partial charge in [-0.3, -0.25) is 4.79 Å². The number of rotatable bonds is 3. The maximum absolute atomic E-state index is 12.0. The SMILES string of the molecule is CCc1cc(=O)n2nc(NC3CCCC(C)(C)C3)sc2n1. The number of hydrogen-bond donors (Lipinski definition) is 1. The molecule has 114 valence electrons. The van der Waals surface area contributed by atoms with Gasteiger partial charge in [-0.2, -0.15) is 4.52 Å². The molecule has 21 heavy (non-hydrogen) atoms. The van der Waals surface area contributed by atoms with Gasteiger partial charge in [-0.1, -0.05) is 38.5 Å². The maximum atomic E-state index is 12.0. The van der Waals surface area contributed by atoms with Gasteiger partial charge in [-0.05, 0) is 31.1 Å². The normalized spacial score (nSPS) is 21.6. The molecule has 2 heterocycles. The Kier molecular flexibility index (Phi) is 3.73. The second-order valence-electron chi connectivity index (χ2n) is 6.64. The van der Waals surface area contributed by atoms with Gasteiger partial charge in [-0.25, -0.2) is 4.98 Å². The molecule has 5 nitrogen and oxygen atoms in total. The van der Waals surface area contributed by atoms with E-state index in [0.29, 0.717) is 16.4 Å². The molecule has 3 rings (SSSR count). The van der Waals surface area contributed by atoms with Crippen molar-refractivity contribution in [2.75, 3.05) is 5.32 Å². The van der Waals surface area contributed by atoms with Crippen LogP contribution in [0.15, 0.2) is 10.9 Å². The van der Waals surface area contributed by atoms with E-state index in [9.17, 15) is 4.79 Å². The highest BCUT2D eigenvalue weighted by molar-refractivity contribution is 7.20. The summed E-state index contributed by atoms with van der Waals surface area (Å²) >= 11 is 1.46. The van der Waals surface area contributed by atoms with Crippen LogP contribution in [0.3, 0.4) is 0 Å². The summed E-state index contributed by atoms with van der Waals surface area (Å²) < 4.78 is 1.40. The molecule has 0 spiro atoms. The van der Waals surface area contributed by atoms with E-state index >= 15 is 0 Å². The minimum absolute atomic E-state index is 0.0925. The van der Waals surface area contributed by atoms with Crippen LogP contribution < -0.4 is 10.9 Å². The molecule has 1 aliphatic rings. The van der Waals surface area contributed by atoms with E-state index in [-0.39, 0.29) is 5.56 Å². The van der Waals surface area contributed by atoms with E-state index in [0.717, 1.165) is 23.7 Å². The third-order valence-corrected chi connectivity index (χ3v) is 5.03. The molecule has 1 N–H and O–H groups in total. The summed E-state index contributed by atoms with van der Waals surface area (Å²) in [5.41, 5.74) is 1.12. The van der Waals surface area contributed by atoms with Gasteiger partial charge < -0.3 is 5.32 Å². The molecule has 6 heteroatoms. The van der Waals surface area contributed by atoms with Crippen LogP contribution in [0.25, 0.3) is 4.96 Å². The summed E-state index contributed by atoms with van der Waals surface area (Å²) in [6.45, 7) is 6.64. The van der Waals surface area contributed by atoms with Crippen molar-refractivity contribution >= 4 is 21.4 Å². The van der Waals surface area contributed by atoms with Crippen molar-refractivity contribution in [3.63, 3.8) is 0 Å². The molecule has 1 atom stereocenters. The Morgan fingerprint density at radius 1 is 1.52 bits per heavy atom. The van der Waals surface area contributed by atoms with Crippen LogP contribution in [0.5, 0.6) is 0 Å². The van der Waals surface area contributed by atoms with Crippen LogP contribution in [0.2, 0.25) is 0 Å². The molecule has 0 aromatic carbocycles. The monoisotopic (exact) mass is 306 g/mol. The second-order valence-corrected chi connectivity index (χ2v) is 7.60. The van der Waals surface area contributed by atoms with Crippen molar-refractivity contribution in [3.8, 4) is 0 Å². The van der Waals surface area contributed by atoms with Crippen molar-refractivity contribution < 1.29 is 0 Å². The molecule has 1 unspecified atom stereocenters. The third kappa shape index (κ3) is 3.10. The quantitative estimate of drug-likeness (QED) is 0.946. The Morgan fingerprint density at radius 3 is 3.05 bits per heavy atom. The summed E-state index contributed by atoms with van der Waals surface area (Å²) in [6, 6.07) is 2.01. The van der Waals surface area contributed by atoms with Crippen LogP contribution in [0, 0.1) is 5.41 Å². The zero-order valence-electron chi connectivity index (χ0n) is 12.8. The van der Waals surface area contributed by atoms with Gasteiger partial charge in [0.25, 0.3) is 5.56 Å². The average Bonchev–Trinajstić information content (AvgIpc) is 2.80. The topological polar surface area (TPSA) is 59.3 Å². The highest BCUT2D eigenvalue weighted by atomic mass is 32.1. The predicted molar refractivity (Wildman–Crippen MR) is 86.2 cm³/mol. The number of nitrogens with one attached hydrogen (secondary N) is 1. The number of hydrogen-bond acceptors (Lipinski definition) is 5. The van der Waals surface area contributed by atoms with Gasteiger partial charge in [0, 0.05) is 17.8 Å². The largest absolute Gasteiger partial charge is 0.357 e. The predicted octanol–water partition coefficient (Wildman–Crippen LogP) is 3.09. The molecule has 2 aromatic rings. The highest BCUT2D eigenvalue weighted by Gasteiger charge is 2.28. The van der Waals surface area contributed by atoms with Gasteiger partial charge >= 0.3 is 0 Å². The molecule has 0 radical (unpaired) electrons. The fraction of sp³-hybridized carbons (Fsp3) is 0.667. The molecular formula is C15H22N4OS. The van der Waals surface area contributed by atoms with Crippen molar-refractivity contribution in [2.45, 2.75) is 58.9 Å². The number of aromatic nitrogens is 3. The molecule has 1 fully saturated rings. The van der Waals surface area contributed by atoms with E-state index in [4.69, 9.17) is 0 Å². The Balaban J connectivity index is 1.85. The third-order valence-electron chi connectivity index (χ3n) is 4.19. The van der Waals surface area contributed by atoms with Crippen molar-refractivity contribution in [3.05, 3.63) is 22.1 Å². The molecule has 1 saturated carbocycles. The summed E-state index contributed by atoms with van der Waals surface area (Å²) in [5.74, 6) is 0. The number of aryl methyl sites for hydroxylation is 1. The van der Waals surface area contributed by atoms with Gasteiger partial charge in [0.2, 0.25) is 10.1 Å². The van der Waals surface area contributed by atoms with Crippen LogP contribution in [0.1, 0.15) is 52.1 Å². The van der Waals surface area contributed by atoms with Gasteiger partial charge in [0.05, 0.1) is 0 Å². The maximum Gasteiger partial charge on any atom is 0.275 e. The molecule has 0 saturated heterocycles. The van der Waals surface area contributed by atoms with Crippen molar-refractivity contribution in [1.82, 2.24) is 14.6 Å². The van der Waals surface area contributed by atoms with Crippen molar-refractivity contribution in [1.29, 1.82) is 0 Å². The van der Waals surface area contributed by atoms with Crippen LogP contribution in [0.4, 0.5) is 5.13 Å². The summed E-state index contributed by atoms with van der Waals surface area (Å²) in [5, 5.41) is 8.68. The minimum Gasteiger partial charge on any atom is -0.357 e. The van der Waals surface area contributed by atoms with Gasteiger partial charge in [0.15, 0.2) is 0 Å². The first-order valence-corrected chi connectivity index (χ1v) is 8.45. The Labute approximate surface area is 128 Å². The highest BCUT2D eigenvalue weighted by Crippen LogP contribution is 2.36. The first kappa shape index (κ1) is 14.5. The molecule has 0 amide bonds. The molecule has 2 aromatic heterocycles. The van der Waals surface area contributed by atoms with Gasteiger partial charge in [-0.15, -0.1) is 5.10 Å².